The number of nitrogens with zero attached hydrogens (tertiary/aromatic N) is 5. The summed E-state index contributed by atoms with van der Waals surface area (Å²) >= 11 is 0. The molecule has 0 fully saturated rings. The Bertz CT molecular complexity index is 1120. The smallest absolute Gasteiger partial charge is 0.270 e. The van der Waals surface area contributed by atoms with E-state index in [1.54, 1.807) is 32.5 Å². The number of carbonyl (C=O) groups excluding carboxylic acids is 1. The normalized spacial score (nSPS) is 14.9. The van der Waals surface area contributed by atoms with Gasteiger partial charge < -0.3 is 19.4 Å². The number of amides is 1. The quantitative estimate of drug-likeness (QED) is 0.548. The van der Waals surface area contributed by atoms with E-state index in [1.807, 2.05) is 18.2 Å². The summed E-state index contributed by atoms with van der Waals surface area (Å²) in [5.74, 6) is 3.26. The van der Waals surface area contributed by atoms with Crippen LogP contribution in [-0.2, 0) is 19.5 Å². The number of ether oxygens (including phenoxy) is 2. The summed E-state index contributed by atoms with van der Waals surface area (Å²) in [5, 5.41) is 12.1. The van der Waals surface area contributed by atoms with E-state index in [-0.39, 0.29) is 17.9 Å². The van der Waals surface area contributed by atoms with Crippen LogP contribution < -0.4 is 14.8 Å². The Hall–Kier alpha value is -3.46. The topological polar surface area (TPSA) is 94.4 Å². The van der Waals surface area contributed by atoms with Crippen molar-refractivity contribution in [2.75, 3.05) is 27.3 Å². The molecule has 0 saturated carbocycles. The molecule has 34 heavy (non-hydrogen) atoms. The van der Waals surface area contributed by atoms with Crippen LogP contribution in [0.25, 0.3) is 0 Å². The summed E-state index contributed by atoms with van der Waals surface area (Å²) in [6.07, 6.45) is 2.40. The molecule has 0 aliphatic carbocycles. The first-order valence-electron chi connectivity index (χ1n) is 11.6. The van der Waals surface area contributed by atoms with Gasteiger partial charge in [0.15, 0.2) is 5.82 Å². The molecule has 1 unspecified atom stereocenters. The molecule has 1 aliphatic rings. The van der Waals surface area contributed by atoms with Gasteiger partial charge >= 0.3 is 0 Å². The summed E-state index contributed by atoms with van der Waals surface area (Å²) in [7, 11) is 3.33. The van der Waals surface area contributed by atoms with Crippen molar-refractivity contribution in [2.45, 2.75) is 39.4 Å². The average Bonchev–Trinajstić information content (AvgIpc) is 3.15. The number of hydrogen-bond donors (Lipinski definition) is 1. The molecule has 1 aliphatic heterocycles. The minimum Gasteiger partial charge on any atom is -0.497 e. The molecule has 0 saturated heterocycles. The number of hydrogen-bond acceptors (Lipinski definition) is 7. The van der Waals surface area contributed by atoms with Crippen LogP contribution in [0.1, 0.15) is 47.6 Å². The highest BCUT2D eigenvalue weighted by molar-refractivity contribution is 5.92. The number of carbonyl (C=O) groups is 1. The summed E-state index contributed by atoms with van der Waals surface area (Å²) < 4.78 is 13.1. The summed E-state index contributed by atoms with van der Waals surface area (Å²) in [5.41, 5.74) is 1.51. The van der Waals surface area contributed by atoms with Crippen LogP contribution in [0.15, 0.2) is 42.6 Å². The van der Waals surface area contributed by atoms with E-state index >= 15 is 0 Å². The predicted octanol–water partition coefficient (Wildman–Crippen LogP) is 2.88. The zero-order valence-corrected chi connectivity index (χ0v) is 20.2. The lowest BCUT2D eigenvalue weighted by Gasteiger charge is -2.23. The molecular formula is C25H32N6O3. The van der Waals surface area contributed by atoms with Gasteiger partial charge in [0.2, 0.25) is 0 Å². The lowest BCUT2D eigenvalue weighted by molar-refractivity contribution is 0.0916. The van der Waals surface area contributed by atoms with Crippen LogP contribution in [0.3, 0.4) is 0 Å². The number of methoxy groups -OCH3 is 2. The van der Waals surface area contributed by atoms with Crippen LogP contribution in [0, 0.1) is 5.92 Å². The highest BCUT2D eigenvalue weighted by Gasteiger charge is 2.28. The standard InChI is InChI=1S/C25H32N6O3/c1-17(2)23(27-25(32)20-7-5-6-11-26-20)24-29-28-22-10-12-30(13-14-31(22)24)16-18-8-9-19(33-3)15-21(18)34-4/h5-9,11,15,17,23H,10,12-14,16H2,1-4H3,(H,27,32). The fraction of sp³-hybridized carbons (Fsp3) is 0.440. The fourth-order valence-corrected chi connectivity index (χ4v) is 4.24. The third-order valence-corrected chi connectivity index (χ3v) is 6.16. The highest BCUT2D eigenvalue weighted by atomic mass is 16.5. The SMILES string of the molecule is COc1ccc(CN2CCc3nnc(C(NC(=O)c4ccccn4)C(C)C)n3CC2)c(OC)c1. The first-order chi connectivity index (χ1) is 16.5. The van der Waals surface area contributed by atoms with Gasteiger partial charge in [-0.2, -0.15) is 0 Å². The second-order valence-electron chi connectivity index (χ2n) is 8.74. The van der Waals surface area contributed by atoms with Gasteiger partial charge in [-0.05, 0) is 24.1 Å². The van der Waals surface area contributed by atoms with Crippen LogP contribution in [0.4, 0.5) is 0 Å². The van der Waals surface area contributed by atoms with E-state index in [9.17, 15) is 4.79 Å². The van der Waals surface area contributed by atoms with Gasteiger partial charge in [0.05, 0.1) is 20.3 Å². The van der Waals surface area contributed by atoms with Gasteiger partial charge in [0, 0.05) is 50.4 Å². The second kappa shape index (κ2) is 10.6. The van der Waals surface area contributed by atoms with Crippen molar-refractivity contribution < 1.29 is 14.3 Å². The Morgan fingerprint density at radius 1 is 1.09 bits per heavy atom. The number of pyridine rings is 1. The van der Waals surface area contributed by atoms with Gasteiger partial charge in [-0.1, -0.05) is 26.0 Å². The molecule has 9 nitrogen and oxygen atoms in total. The van der Waals surface area contributed by atoms with Crippen LogP contribution in [0.5, 0.6) is 11.5 Å². The maximum absolute atomic E-state index is 12.8. The third kappa shape index (κ3) is 5.20. The Morgan fingerprint density at radius 2 is 1.94 bits per heavy atom. The molecular weight excluding hydrogens is 432 g/mol. The second-order valence-corrected chi connectivity index (χ2v) is 8.74. The van der Waals surface area contributed by atoms with Gasteiger partial charge in [-0.15, -0.1) is 10.2 Å². The Morgan fingerprint density at radius 3 is 2.65 bits per heavy atom. The van der Waals surface area contributed by atoms with Crippen molar-refractivity contribution in [3.8, 4) is 11.5 Å². The molecule has 0 bridgehead atoms. The van der Waals surface area contributed by atoms with Gasteiger partial charge in [0.1, 0.15) is 23.0 Å². The molecule has 1 atom stereocenters. The molecule has 0 spiro atoms. The summed E-state index contributed by atoms with van der Waals surface area (Å²) in [4.78, 5) is 19.4. The van der Waals surface area contributed by atoms with Gasteiger partial charge in [-0.3, -0.25) is 14.7 Å². The minimum atomic E-state index is -0.260. The van der Waals surface area contributed by atoms with Gasteiger partial charge in [0.25, 0.3) is 5.91 Å². The van der Waals surface area contributed by atoms with Crippen molar-refractivity contribution in [3.05, 3.63) is 65.5 Å². The minimum absolute atomic E-state index is 0.142. The predicted molar refractivity (Wildman–Crippen MR) is 128 cm³/mol. The van der Waals surface area contributed by atoms with Crippen molar-refractivity contribution >= 4 is 5.91 Å². The molecule has 2 aromatic heterocycles. The number of benzene rings is 1. The molecule has 1 N–H and O–H groups in total. The Balaban J connectivity index is 1.49. The molecule has 3 aromatic rings. The van der Waals surface area contributed by atoms with E-state index < -0.39 is 0 Å². The van der Waals surface area contributed by atoms with E-state index in [2.05, 4.69) is 49.9 Å². The monoisotopic (exact) mass is 464 g/mol. The summed E-state index contributed by atoms with van der Waals surface area (Å²) in [6, 6.07) is 11.0. The molecule has 9 heteroatoms. The third-order valence-electron chi connectivity index (χ3n) is 6.16. The first kappa shape index (κ1) is 23.7. The van der Waals surface area contributed by atoms with E-state index in [1.165, 1.54) is 0 Å². The molecule has 1 amide bonds. The van der Waals surface area contributed by atoms with Gasteiger partial charge in [-0.25, -0.2) is 0 Å². The maximum atomic E-state index is 12.8. The van der Waals surface area contributed by atoms with E-state index in [4.69, 9.17) is 9.47 Å². The zero-order chi connectivity index (χ0) is 24.1. The van der Waals surface area contributed by atoms with Crippen molar-refractivity contribution in [3.63, 3.8) is 0 Å². The first-order valence-corrected chi connectivity index (χ1v) is 11.6. The van der Waals surface area contributed by atoms with Crippen LogP contribution in [0.2, 0.25) is 0 Å². The van der Waals surface area contributed by atoms with E-state index in [0.717, 1.165) is 61.3 Å². The highest BCUT2D eigenvalue weighted by Crippen LogP contribution is 2.27. The molecule has 1 aromatic carbocycles. The van der Waals surface area contributed by atoms with E-state index in [0.29, 0.717) is 5.69 Å². The Kier molecular flexibility index (Phi) is 7.42. The molecule has 0 radical (unpaired) electrons. The fourth-order valence-electron chi connectivity index (χ4n) is 4.24. The number of rotatable bonds is 8. The molecule has 3 heterocycles. The van der Waals surface area contributed by atoms with Crippen molar-refractivity contribution in [2.24, 2.45) is 5.92 Å². The largest absolute Gasteiger partial charge is 0.497 e. The number of fused-ring (bicyclic) bond motifs is 1. The van der Waals surface area contributed by atoms with Crippen molar-refractivity contribution in [1.29, 1.82) is 0 Å². The molecule has 4 rings (SSSR count). The Labute approximate surface area is 200 Å². The van der Waals surface area contributed by atoms with Crippen LogP contribution in [-0.4, -0.2) is 57.9 Å². The number of aromatic nitrogens is 4. The maximum Gasteiger partial charge on any atom is 0.270 e. The average molecular weight is 465 g/mol. The number of nitrogens with one attached hydrogen (secondary N) is 1. The lowest BCUT2D eigenvalue weighted by atomic mass is 10.0. The molecule has 180 valence electrons. The van der Waals surface area contributed by atoms with Crippen LogP contribution >= 0.6 is 0 Å². The zero-order valence-electron chi connectivity index (χ0n) is 20.2. The summed E-state index contributed by atoms with van der Waals surface area (Å²) in [6.45, 7) is 7.36. The lowest BCUT2D eigenvalue weighted by Crippen LogP contribution is -2.34. The van der Waals surface area contributed by atoms with Crippen molar-refractivity contribution in [1.82, 2.24) is 30.0 Å².